The maximum Gasteiger partial charge on any atom is 0.422 e. The minimum absolute atomic E-state index is 0.308. The Labute approximate surface area is 90.5 Å². The number of allylic oxidation sites excluding steroid dienone is 1. The Morgan fingerprint density at radius 1 is 1.13 bits per heavy atom. The molecular formula is C9H4BrF5. The zero-order valence-electron chi connectivity index (χ0n) is 7.08. The first-order valence-electron chi connectivity index (χ1n) is 3.71. The standard InChI is InChI=1S/C9H4BrF5/c10-6-3-1-2-5(4-6)7(8(11)12)9(13,14)15/h1-4H. The summed E-state index contributed by atoms with van der Waals surface area (Å²) in [5.74, 6) is 0. The number of alkyl halides is 3. The number of hydrogen-bond donors (Lipinski definition) is 0. The van der Waals surface area contributed by atoms with E-state index in [0.717, 1.165) is 12.1 Å². The van der Waals surface area contributed by atoms with Crippen LogP contribution in [0.15, 0.2) is 34.8 Å². The van der Waals surface area contributed by atoms with Gasteiger partial charge in [0, 0.05) is 4.47 Å². The van der Waals surface area contributed by atoms with E-state index < -0.39 is 23.4 Å². The summed E-state index contributed by atoms with van der Waals surface area (Å²) in [7, 11) is 0. The second-order valence-electron chi connectivity index (χ2n) is 2.64. The summed E-state index contributed by atoms with van der Waals surface area (Å²) < 4.78 is 61.3. The van der Waals surface area contributed by atoms with Crippen molar-refractivity contribution in [2.24, 2.45) is 0 Å². The van der Waals surface area contributed by atoms with Crippen molar-refractivity contribution in [1.29, 1.82) is 0 Å². The van der Waals surface area contributed by atoms with Gasteiger partial charge in [-0.2, -0.15) is 22.0 Å². The predicted molar refractivity (Wildman–Crippen MR) is 49.3 cm³/mol. The van der Waals surface area contributed by atoms with Gasteiger partial charge in [-0.15, -0.1) is 0 Å². The summed E-state index contributed by atoms with van der Waals surface area (Å²) in [6.45, 7) is 0. The molecule has 0 spiro atoms. The van der Waals surface area contributed by atoms with Gasteiger partial charge in [0.1, 0.15) is 5.57 Å². The Bertz CT molecular complexity index is 390. The Hall–Kier alpha value is -0.910. The van der Waals surface area contributed by atoms with Gasteiger partial charge in [0.2, 0.25) is 0 Å². The van der Waals surface area contributed by atoms with Gasteiger partial charge in [-0.3, -0.25) is 0 Å². The van der Waals surface area contributed by atoms with Crippen LogP contribution in [-0.2, 0) is 0 Å². The summed E-state index contributed by atoms with van der Waals surface area (Å²) in [5.41, 5.74) is -2.46. The number of hydrogen-bond acceptors (Lipinski definition) is 0. The van der Waals surface area contributed by atoms with Gasteiger partial charge in [-0.25, -0.2) is 0 Å². The Kier molecular flexibility index (Phi) is 3.49. The summed E-state index contributed by atoms with van der Waals surface area (Å²) in [6, 6.07) is 4.68. The van der Waals surface area contributed by atoms with E-state index in [1.165, 1.54) is 12.1 Å². The van der Waals surface area contributed by atoms with Crippen LogP contribution in [0, 0.1) is 0 Å². The Morgan fingerprint density at radius 3 is 2.13 bits per heavy atom. The van der Waals surface area contributed by atoms with Crippen LogP contribution in [0.3, 0.4) is 0 Å². The van der Waals surface area contributed by atoms with E-state index >= 15 is 0 Å². The topological polar surface area (TPSA) is 0 Å². The molecule has 1 rings (SSSR count). The molecule has 0 saturated carbocycles. The van der Waals surface area contributed by atoms with Crippen molar-refractivity contribution in [3.63, 3.8) is 0 Å². The molecule has 1 aromatic carbocycles. The smallest absolute Gasteiger partial charge is 0.173 e. The third kappa shape index (κ3) is 3.02. The van der Waals surface area contributed by atoms with E-state index in [9.17, 15) is 22.0 Å². The van der Waals surface area contributed by atoms with Crippen LogP contribution in [-0.4, -0.2) is 6.18 Å². The average Bonchev–Trinajstić information content (AvgIpc) is 1.99. The van der Waals surface area contributed by atoms with E-state index in [1.54, 1.807) is 0 Å². The van der Waals surface area contributed by atoms with Crippen LogP contribution < -0.4 is 0 Å². The molecule has 0 fully saturated rings. The molecule has 0 N–H and O–H groups in total. The van der Waals surface area contributed by atoms with Crippen molar-refractivity contribution < 1.29 is 22.0 Å². The molecule has 0 heterocycles. The summed E-state index contributed by atoms with van der Waals surface area (Å²) in [5, 5.41) is 0. The molecule has 6 heteroatoms. The lowest BCUT2D eigenvalue weighted by Crippen LogP contribution is -2.11. The van der Waals surface area contributed by atoms with Gasteiger partial charge in [0.15, 0.2) is 0 Å². The molecule has 0 aromatic heterocycles. The molecule has 0 aliphatic carbocycles. The lowest BCUT2D eigenvalue weighted by molar-refractivity contribution is -0.0711. The van der Waals surface area contributed by atoms with Crippen molar-refractivity contribution in [1.82, 2.24) is 0 Å². The van der Waals surface area contributed by atoms with Crippen molar-refractivity contribution in [3.8, 4) is 0 Å². The van der Waals surface area contributed by atoms with Crippen LogP contribution in [0.25, 0.3) is 5.57 Å². The molecule has 0 unspecified atom stereocenters. The lowest BCUT2D eigenvalue weighted by atomic mass is 10.1. The number of halogens is 6. The molecule has 0 amide bonds. The second kappa shape index (κ2) is 4.30. The third-order valence-electron chi connectivity index (χ3n) is 1.59. The lowest BCUT2D eigenvalue weighted by Gasteiger charge is -2.10. The van der Waals surface area contributed by atoms with E-state index in [2.05, 4.69) is 15.9 Å². The van der Waals surface area contributed by atoms with Crippen LogP contribution >= 0.6 is 15.9 Å². The molecule has 82 valence electrons. The van der Waals surface area contributed by atoms with Crippen molar-refractivity contribution in [3.05, 3.63) is 40.4 Å². The highest BCUT2D eigenvalue weighted by Gasteiger charge is 2.38. The fraction of sp³-hybridized carbons (Fsp3) is 0.111. The fourth-order valence-corrected chi connectivity index (χ4v) is 1.42. The monoisotopic (exact) mass is 286 g/mol. The van der Waals surface area contributed by atoms with Crippen LogP contribution in [0.1, 0.15) is 5.56 Å². The molecule has 0 atom stereocenters. The first-order chi connectivity index (χ1) is 6.82. The van der Waals surface area contributed by atoms with Crippen LogP contribution in [0.4, 0.5) is 22.0 Å². The van der Waals surface area contributed by atoms with Gasteiger partial charge in [-0.05, 0) is 17.7 Å². The largest absolute Gasteiger partial charge is 0.422 e. The highest BCUT2D eigenvalue weighted by atomic mass is 79.9. The maximum absolute atomic E-state index is 12.2. The zero-order valence-corrected chi connectivity index (χ0v) is 8.66. The van der Waals surface area contributed by atoms with Crippen molar-refractivity contribution in [2.75, 3.05) is 0 Å². The highest BCUT2D eigenvalue weighted by molar-refractivity contribution is 9.10. The summed E-state index contributed by atoms with van der Waals surface area (Å²) >= 11 is 2.91. The van der Waals surface area contributed by atoms with Gasteiger partial charge in [0.25, 0.3) is 6.08 Å². The number of rotatable bonds is 1. The minimum atomic E-state index is -5.06. The fourth-order valence-electron chi connectivity index (χ4n) is 1.02. The van der Waals surface area contributed by atoms with Crippen molar-refractivity contribution >= 4 is 21.5 Å². The van der Waals surface area contributed by atoms with E-state index in [4.69, 9.17) is 0 Å². The molecule has 15 heavy (non-hydrogen) atoms. The van der Waals surface area contributed by atoms with E-state index in [1.807, 2.05) is 0 Å². The molecule has 0 radical (unpaired) electrons. The number of benzene rings is 1. The van der Waals surface area contributed by atoms with Crippen LogP contribution in [0.5, 0.6) is 0 Å². The Morgan fingerprint density at radius 2 is 1.73 bits per heavy atom. The summed E-state index contributed by atoms with van der Waals surface area (Å²) in [4.78, 5) is 0. The van der Waals surface area contributed by atoms with Gasteiger partial charge in [-0.1, -0.05) is 28.1 Å². The first kappa shape index (κ1) is 12.2. The molecule has 0 nitrogen and oxygen atoms in total. The first-order valence-corrected chi connectivity index (χ1v) is 4.50. The SMILES string of the molecule is FC(F)=C(c1cccc(Br)c1)C(F)(F)F. The maximum atomic E-state index is 12.2. The molecular weight excluding hydrogens is 283 g/mol. The highest BCUT2D eigenvalue weighted by Crippen LogP contribution is 2.37. The summed E-state index contributed by atoms with van der Waals surface area (Å²) in [6.07, 6.45) is -7.79. The molecule has 0 aliphatic heterocycles. The van der Waals surface area contributed by atoms with Gasteiger partial charge in [0.05, 0.1) is 0 Å². The Balaban J connectivity index is 3.31. The van der Waals surface area contributed by atoms with Gasteiger partial charge >= 0.3 is 6.18 Å². The predicted octanol–water partition coefficient (Wildman–Crippen LogP) is 4.62. The minimum Gasteiger partial charge on any atom is -0.173 e. The van der Waals surface area contributed by atoms with Crippen LogP contribution in [0.2, 0.25) is 0 Å². The van der Waals surface area contributed by atoms with E-state index in [0.29, 0.717) is 4.47 Å². The quantitative estimate of drug-likeness (QED) is 0.661. The molecule has 0 saturated heterocycles. The average molecular weight is 287 g/mol. The van der Waals surface area contributed by atoms with Crippen molar-refractivity contribution in [2.45, 2.75) is 6.18 Å². The molecule has 0 aliphatic rings. The molecule has 0 bridgehead atoms. The third-order valence-corrected chi connectivity index (χ3v) is 2.08. The normalized spacial score (nSPS) is 11.3. The van der Waals surface area contributed by atoms with E-state index in [-0.39, 0.29) is 0 Å². The van der Waals surface area contributed by atoms with Gasteiger partial charge < -0.3 is 0 Å². The molecule has 1 aromatic rings. The second-order valence-corrected chi connectivity index (χ2v) is 3.56. The zero-order chi connectivity index (χ0) is 11.6.